The molecule has 2 aromatic carbocycles. The van der Waals surface area contributed by atoms with Crippen LogP contribution in [0.3, 0.4) is 0 Å². The fraction of sp³-hybridized carbons (Fsp3) is 0.263. The minimum absolute atomic E-state index is 0.292. The first-order valence-electron chi connectivity index (χ1n) is 7.75. The van der Waals surface area contributed by atoms with Gasteiger partial charge in [0.1, 0.15) is 5.82 Å². The third-order valence-corrected chi connectivity index (χ3v) is 3.53. The lowest BCUT2D eigenvalue weighted by Gasteiger charge is -2.13. The molecule has 2 aromatic rings. The molecule has 0 spiro atoms. The van der Waals surface area contributed by atoms with Crippen LogP contribution in [0.5, 0.6) is 0 Å². The zero-order valence-electron chi connectivity index (χ0n) is 13.7. The van der Waals surface area contributed by atoms with Crippen LogP contribution in [0, 0.1) is 12.7 Å². The smallest absolute Gasteiger partial charge is 0.338 e. The highest BCUT2D eigenvalue weighted by Crippen LogP contribution is 2.07. The van der Waals surface area contributed by atoms with Crippen molar-refractivity contribution in [3.8, 4) is 0 Å². The summed E-state index contributed by atoms with van der Waals surface area (Å²) in [5.74, 6) is -1.18. The Morgan fingerprint density at radius 3 is 2.54 bits per heavy atom. The molecule has 0 saturated carbocycles. The molecule has 0 aliphatic carbocycles. The topological polar surface area (TPSA) is 55.4 Å². The van der Waals surface area contributed by atoms with Gasteiger partial charge in [0.2, 0.25) is 0 Å². The summed E-state index contributed by atoms with van der Waals surface area (Å²) in [5, 5.41) is 2.70. The first kappa shape index (κ1) is 17.7. The van der Waals surface area contributed by atoms with E-state index >= 15 is 0 Å². The molecule has 24 heavy (non-hydrogen) atoms. The Balaban J connectivity index is 1.79. The maximum absolute atomic E-state index is 12.8. The van der Waals surface area contributed by atoms with Crippen LogP contribution in [0.25, 0.3) is 0 Å². The second-order valence-electron chi connectivity index (χ2n) is 5.58. The molecule has 0 heterocycles. The molecular formula is C19H20FNO3. The monoisotopic (exact) mass is 329 g/mol. The first-order valence-corrected chi connectivity index (χ1v) is 7.75. The van der Waals surface area contributed by atoms with Gasteiger partial charge in [-0.15, -0.1) is 0 Å². The molecule has 1 N–H and O–H groups in total. The van der Waals surface area contributed by atoms with Crippen LogP contribution in [0.4, 0.5) is 4.39 Å². The van der Waals surface area contributed by atoms with Gasteiger partial charge in [-0.05, 0) is 50.1 Å². The molecular weight excluding hydrogens is 309 g/mol. The molecule has 0 saturated heterocycles. The average Bonchev–Trinajstić information content (AvgIpc) is 2.56. The summed E-state index contributed by atoms with van der Waals surface area (Å²) in [6.45, 7) is 3.79. The number of esters is 1. The van der Waals surface area contributed by atoms with E-state index in [0.29, 0.717) is 18.5 Å². The predicted molar refractivity (Wildman–Crippen MR) is 89.2 cm³/mol. The van der Waals surface area contributed by atoms with Crippen LogP contribution in [-0.4, -0.2) is 24.5 Å². The standard InChI is InChI=1S/C19H20FNO3/c1-13-4-3-5-16(12-13)19(23)24-14(2)18(22)21-11-10-15-6-8-17(20)9-7-15/h3-9,12,14H,10-11H2,1-2H3,(H,21,22)/t14-/m1/s1. The van der Waals surface area contributed by atoms with Crippen LogP contribution in [0.1, 0.15) is 28.4 Å². The van der Waals surface area contributed by atoms with E-state index in [1.54, 1.807) is 30.3 Å². The molecule has 0 aliphatic heterocycles. The molecule has 2 rings (SSSR count). The van der Waals surface area contributed by atoms with E-state index in [-0.39, 0.29) is 11.7 Å². The Bertz CT molecular complexity index is 713. The van der Waals surface area contributed by atoms with Gasteiger partial charge in [-0.2, -0.15) is 0 Å². The largest absolute Gasteiger partial charge is 0.449 e. The minimum Gasteiger partial charge on any atom is -0.449 e. The number of carbonyl (C=O) groups is 2. The number of ether oxygens (including phenoxy) is 1. The predicted octanol–water partition coefficient (Wildman–Crippen LogP) is 3.04. The molecule has 0 bridgehead atoms. The summed E-state index contributed by atoms with van der Waals surface area (Å²) in [5.41, 5.74) is 2.28. The number of nitrogens with one attached hydrogen (secondary N) is 1. The fourth-order valence-corrected chi connectivity index (χ4v) is 2.18. The van der Waals surface area contributed by atoms with E-state index in [9.17, 15) is 14.0 Å². The maximum Gasteiger partial charge on any atom is 0.338 e. The number of halogens is 1. The van der Waals surface area contributed by atoms with Crippen molar-refractivity contribution in [2.75, 3.05) is 6.54 Å². The van der Waals surface area contributed by atoms with Gasteiger partial charge in [0.25, 0.3) is 5.91 Å². The van der Waals surface area contributed by atoms with Gasteiger partial charge in [0, 0.05) is 6.54 Å². The van der Waals surface area contributed by atoms with Crippen LogP contribution < -0.4 is 5.32 Å². The molecule has 0 unspecified atom stereocenters. The van der Waals surface area contributed by atoms with Crippen LogP contribution in [0.2, 0.25) is 0 Å². The minimum atomic E-state index is -0.883. The van der Waals surface area contributed by atoms with Crippen molar-refractivity contribution < 1.29 is 18.7 Å². The van der Waals surface area contributed by atoms with Crippen molar-refractivity contribution in [3.63, 3.8) is 0 Å². The lowest BCUT2D eigenvalue weighted by molar-refractivity contribution is -0.129. The van der Waals surface area contributed by atoms with Gasteiger partial charge < -0.3 is 10.1 Å². The maximum atomic E-state index is 12.8. The van der Waals surface area contributed by atoms with Crippen molar-refractivity contribution in [2.45, 2.75) is 26.4 Å². The van der Waals surface area contributed by atoms with Gasteiger partial charge in [-0.3, -0.25) is 4.79 Å². The molecule has 126 valence electrons. The molecule has 0 aromatic heterocycles. The van der Waals surface area contributed by atoms with Gasteiger partial charge in [0.05, 0.1) is 5.56 Å². The summed E-state index contributed by atoms with van der Waals surface area (Å²) < 4.78 is 18.0. The molecule has 1 atom stereocenters. The summed E-state index contributed by atoms with van der Waals surface area (Å²) >= 11 is 0. The molecule has 0 radical (unpaired) electrons. The van der Waals surface area contributed by atoms with E-state index in [0.717, 1.165) is 11.1 Å². The third-order valence-electron chi connectivity index (χ3n) is 3.53. The highest BCUT2D eigenvalue weighted by Gasteiger charge is 2.18. The van der Waals surface area contributed by atoms with E-state index < -0.39 is 12.1 Å². The molecule has 0 fully saturated rings. The number of rotatable bonds is 6. The van der Waals surface area contributed by atoms with Gasteiger partial charge in [-0.1, -0.05) is 29.8 Å². The van der Waals surface area contributed by atoms with Gasteiger partial charge >= 0.3 is 5.97 Å². The zero-order valence-corrected chi connectivity index (χ0v) is 13.7. The second-order valence-corrected chi connectivity index (χ2v) is 5.58. The van der Waals surface area contributed by atoms with Gasteiger partial charge in [-0.25, -0.2) is 9.18 Å². The third kappa shape index (κ3) is 5.19. The summed E-state index contributed by atoms with van der Waals surface area (Å²) in [6.07, 6.45) is -0.309. The van der Waals surface area contributed by atoms with Crippen molar-refractivity contribution in [2.24, 2.45) is 0 Å². The lowest BCUT2D eigenvalue weighted by atomic mass is 10.1. The van der Waals surface area contributed by atoms with E-state index in [1.165, 1.54) is 19.1 Å². The normalized spacial score (nSPS) is 11.6. The number of benzene rings is 2. The van der Waals surface area contributed by atoms with E-state index in [1.807, 2.05) is 13.0 Å². The highest BCUT2D eigenvalue weighted by atomic mass is 19.1. The molecule has 4 nitrogen and oxygen atoms in total. The van der Waals surface area contributed by atoms with Gasteiger partial charge in [0.15, 0.2) is 6.10 Å². The number of hydrogen-bond acceptors (Lipinski definition) is 3. The SMILES string of the molecule is Cc1cccc(C(=O)O[C@H](C)C(=O)NCCc2ccc(F)cc2)c1. The summed E-state index contributed by atoms with van der Waals surface area (Å²) in [7, 11) is 0. The van der Waals surface area contributed by atoms with Crippen molar-refractivity contribution >= 4 is 11.9 Å². The number of aryl methyl sites for hydroxylation is 1. The molecule has 5 heteroatoms. The quantitative estimate of drug-likeness (QED) is 0.829. The van der Waals surface area contributed by atoms with Crippen molar-refractivity contribution in [1.82, 2.24) is 5.32 Å². The van der Waals surface area contributed by atoms with E-state index in [2.05, 4.69) is 5.32 Å². The Morgan fingerprint density at radius 2 is 1.88 bits per heavy atom. The Hall–Kier alpha value is -2.69. The zero-order chi connectivity index (χ0) is 17.5. The average molecular weight is 329 g/mol. The first-order chi connectivity index (χ1) is 11.5. The molecule has 1 amide bonds. The number of carbonyl (C=O) groups excluding carboxylic acids is 2. The number of hydrogen-bond donors (Lipinski definition) is 1. The van der Waals surface area contributed by atoms with Crippen LogP contribution >= 0.6 is 0 Å². The Kier molecular flexibility index (Phi) is 6.07. The Labute approximate surface area is 140 Å². The summed E-state index contributed by atoms with van der Waals surface area (Å²) in [4.78, 5) is 24.0. The van der Waals surface area contributed by atoms with E-state index in [4.69, 9.17) is 4.74 Å². The lowest BCUT2D eigenvalue weighted by Crippen LogP contribution is -2.36. The summed E-state index contributed by atoms with van der Waals surface area (Å²) in [6, 6.07) is 13.1. The second kappa shape index (κ2) is 8.24. The fourth-order valence-electron chi connectivity index (χ4n) is 2.18. The number of amides is 1. The van der Waals surface area contributed by atoms with Crippen molar-refractivity contribution in [1.29, 1.82) is 0 Å². The van der Waals surface area contributed by atoms with Crippen molar-refractivity contribution in [3.05, 3.63) is 71.0 Å². The Morgan fingerprint density at radius 1 is 1.17 bits per heavy atom. The van der Waals surface area contributed by atoms with Crippen LogP contribution in [0.15, 0.2) is 48.5 Å². The van der Waals surface area contributed by atoms with Crippen LogP contribution in [-0.2, 0) is 16.0 Å². The highest BCUT2D eigenvalue weighted by molar-refractivity contribution is 5.92. The molecule has 0 aliphatic rings.